The van der Waals surface area contributed by atoms with Crippen LogP contribution in [-0.2, 0) is 0 Å². The predicted octanol–water partition coefficient (Wildman–Crippen LogP) is 4.27. The van der Waals surface area contributed by atoms with Crippen LogP contribution in [0, 0.1) is 0 Å². The van der Waals surface area contributed by atoms with Gasteiger partial charge in [-0.1, -0.05) is 15.9 Å². The molecule has 98 valence electrons. The number of hydrogen-bond acceptors (Lipinski definition) is 4. The summed E-state index contributed by atoms with van der Waals surface area (Å²) in [6.07, 6.45) is 0. The van der Waals surface area contributed by atoms with Crippen LogP contribution in [0.4, 0.5) is 17.1 Å². The second-order valence-electron chi connectivity index (χ2n) is 3.87. The molecule has 19 heavy (non-hydrogen) atoms. The summed E-state index contributed by atoms with van der Waals surface area (Å²) in [5, 5.41) is 20.1. The summed E-state index contributed by atoms with van der Waals surface area (Å²) in [4.78, 5) is 0. The van der Waals surface area contributed by atoms with Gasteiger partial charge < -0.3 is 10.4 Å². The van der Waals surface area contributed by atoms with Crippen molar-refractivity contribution in [1.82, 2.24) is 0 Å². The maximum absolute atomic E-state index is 8.71. The van der Waals surface area contributed by atoms with Crippen LogP contribution in [0.25, 0.3) is 0 Å². The minimum Gasteiger partial charge on any atom is -0.395 e. The van der Waals surface area contributed by atoms with E-state index in [1.807, 2.05) is 48.5 Å². The van der Waals surface area contributed by atoms with Crippen LogP contribution in [0.2, 0.25) is 0 Å². The van der Waals surface area contributed by atoms with Crippen LogP contribution >= 0.6 is 15.9 Å². The lowest BCUT2D eigenvalue weighted by molar-refractivity contribution is 0.311. The van der Waals surface area contributed by atoms with Gasteiger partial charge in [-0.15, -0.1) is 0 Å². The summed E-state index contributed by atoms with van der Waals surface area (Å²) in [5.74, 6) is 0. The number of hydrogen-bond donors (Lipinski definition) is 2. The molecule has 0 saturated carbocycles. The first kappa shape index (κ1) is 13.7. The third-order valence-corrected chi connectivity index (χ3v) is 2.94. The van der Waals surface area contributed by atoms with Crippen molar-refractivity contribution in [3.63, 3.8) is 0 Å². The van der Waals surface area contributed by atoms with Gasteiger partial charge in [0.05, 0.1) is 18.0 Å². The molecule has 2 aromatic carbocycles. The Kier molecular flexibility index (Phi) is 5.06. The Morgan fingerprint density at radius 1 is 0.895 bits per heavy atom. The highest BCUT2D eigenvalue weighted by atomic mass is 79.9. The topological polar surface area (TPSA) is 57.0 Å². The Balaban J connectivity index is 2.00. The van der Waals surface area contributed by atoms with Gasteiger partial charge in [0.2, 0.25) is 0 Å². The molecule has 0 unspecified atom stereocenters. The number of anilines is 1. The molecule has 4 nitrogen and oxygen atoms in total. The van der Waals surface area contributed by atoms with Crippen molar-refractivity contribution in [2.75, 3.05) is 18.5 Å². The summed E-state index contributed by atoms with van der Waals surface area (Å²) in [7, 11) is 0. The van der Waals surface area contributed by atoms with Crippen LogP contribution in [-0.4, -0.2) is 18.3 Å². The average molecular weight is 320 g/mol. The fourth-order valence-corrected chi connectivity index (χ4v) is 1.73. The van der Waals surface area contributed by atoms with Crippen molar-refractivity contribution >= 4 is 33.0 Å². The van der Waals surface area contributed by atoms with E-state index >= 15 is 0 Å². The van der Waals surface area contributed by atoms with Crippen molar-refractivity contribution in [1.29, 1.82) is 0 Å². The molecule has 0 heterocycles. The fraction of sp³-hybridized carbons (Fsp3) is 0.143. The monoisotopic (exact) mass is 319 g/mol. The molecular weight excluding hydrogens is 306 g/mol. The van der Waals surface area contributed by atoms with Crippen molar-refractivity contribution in [3.8, 4) is 0 Å². The summed E-state index contributed by atoms with van der Waals surface area (Å²) in [5.41, 5.74) is 2.56. The molecule has 2 rings (SSSR count). The molecule has 0 aliphatic carbocycles. The fourth-order valence-electron chi connectivity index (χ4n) is 1.47. The Morgan fingerprint density at radius 2 is 1.42 bits per heavy atom. The van der Waals surface area contributed by atoms with Gasteiger partial charge in [0.25, 0.3) is 0 Å². The summed E-state index contributed by atoms with van der Waals surface area (Å²) in [6.45, 7) is 0.658. The van der Waals surface area contributed by atoms with Gasteiger partial charge in [0, 0.05) is 16.7 Å². The number of aliphatic hydroxyl groups excluding tert-OH is 1. The Bertz CT molecular complexity index is 538. The van der Waals surface area contributed by atoms with Gasteiger partial charge >= 0.3 is 0 Å². The molecule has 0 aliphatic rings. The van der Waals surface area contributed by atoms with Crippen molar-refractivity contribution in [3.05, 3.63) is 53.0 Å². The van der Waals surface area contributed by atoms with Crippen LogP contribution in [0.15, 0.2) is 63.2 Å². The number of nitrogens with one attached hydrogen (secondary N) is 1. The molecule has 2 N–H and O–H groups in total. The quantitative estimate of drug-likeness (QED) is 0.808. The smallest absolute Gasteiger partial charge is 0.0858 e. The van der Waals surface area contributed by atoms with Crippen LogP contribution in [0.5, 0.6) is 0 Å². The highest BCUT2D eigenvalue weighted by Gasteiger charge is 1.93. The first-order valence-corrected chi connectivity index (χ1v) is 6.69. The van der Waals surface area contributed by atoms with E-state index in [1.54, 1.807) is 0 Å². The second-order valence-corrected chi connectivity index (χ2v) is 4.79. The van der Waals surface area contributed by atoms with E-state index < -0.39 is 0 Å². The highest BCUT2D eigenvalue weighted by molar-refractivity contribution is 9.10. The molecule has 0 spiro atoms. The van der Waals surface area contributed by atoms with E-state index in [2.05, 4.69) is 31.5 Å². The number of nitrogens with zero attached hydrogens (tertiary/aromatic N) is 2. The number of rotatable bonds is 5. The normalized spacial score (nSPS) is 10.8. The van der Waals surface area contributed by atoms with Crippen LogP contribution < -0.4 is 5.32 Å². The predicted molar refractivity (Wildman–Crippen MR) is 80.3 cm³/mol. The number of halogens is 1. The first-order valence-electron chi connectivity index (χ1n) is 5.90. The summed E-state index contributed by atoms with van der Waals surface area (Å²) >= 11 is 3.37. The molecule has 0 bridgehead atoms. The van der Waals surface area contributed by atoms with Crippen LogP contribution in [0.1, 0.15) is 0 Å². The van der Waals surface area contributed by atoms with Crippen molar-refractivity contribution in [2.45, 2.75) is 0 Å². The highest BCUT2D eigenvalue weighted by Crippen LogP contribution is 2.21. The van der Waals surface area contributed by atoms with Gasteiger partial charge in [-0.3, -0.25) is 0 Å². The second kappa shape index (κ2) is 7.01. The largest absolute Gasteiger partial charge is 0.395 e. The van der Waals surface area contributed by atoms with Gasteiger partial charge in [-0.25, -0.2) is 0 Å². The minimum atomic E-state index is 0.116. The molecule has 0 radical (unpaired) electrons. The van der Waals surface area contributed by atoms with E-state index in [-0.39, 0.29) is 6.61 Å². The first-order chi connectivity index (χ1) is 9.28. The standard InChI is InChI=1S/C14H14BrN3O/c15-11-1-3-13(4-2-11)17-18-14-7-5-12(6-8-14)16-9-10-19/h1-8,16,19H,9-10H2. The maximum atomic E-state index is 8.71. The number of benzene rings is 2. The number of azo groups is 1. The molecule has 0 aromatic heterocycles. The third kappa shape index (κ3) is 4.46. The molecule has 0 amide bonds. The van der Waals surface area contributed by atoms with Gasteiger partial charge in [-0.05, 0) is 48.5 Å². The Labute approximate surface area is 120 Å². The van der Waals surface area contributed by atoms with Gasteiger partial charge in [-0.2, -0.15) is 10.2 Å². The Hall–Kier alpha value is -1.72. The molecule has 5 heteroatoms. The molecule has 0 saturated heterocycles. The lowest BCUT2D eigenvalue weighted by Crippen LogP contribution is -2.04. The zero-order chi connectivity index (χ0) is 13.5. The van der Waals surface area contributed by atoms with Crippen molar-refractivity contribution < 1.29 is 5.11 Å². The molecule has 2 aromatic rings. The molecule has 0 aliphatic heterocycles. The number of aliphatic hydroxyl groups is 1. The molecule has 0 atom stereocenters. The van der Waals surface area contributed by atoms with E-state index in [0.29, 0.717) is 6.54 Å². The van der Waals surface area contributed by atoms with E-state index in [9.17, 15) is 0 Å². The van der Waals surface area contributed by atoms with E-state index in [0.717, 1.165) is 21.5 Å². The lowest BCUT2D eigenvalue weighted by Gasteiger charge is -2.03. The molecular formula is C14H14BrN3O. The zero-order valence-electron chi connectivity index (χ0n) is 10.3. The zero-order valence-corrected chi connectivity index (χ0v) is 11.8. The van der Waals surface area contributed by atoms with Gasteiger partial charge in [0.15, 0.2) is 0 Å². The van der Waals surface area contributed by atoms with E-state index in [1.165, 1.54) is 0 Å². The summed E-state index contributed by atoms with van der Waals surface area (Å²) < 4.78 is 1.02. The minimum absolute atomic E-state index is 0.116. The average Bonchev–Trinajstić information content (AvgIpc) is 2.46. The maximum Gasteiger partial charge on any atom is 0.0858 e. The van der Waals surface area contributed by atoms with Crippen molar-refractivity contribution in [2.24, 2.45) is 10.2 Å². The molecule has 0 fully saturated rings. The SMILES string of the molecule is OCCNc1ccc(N=Nc2ccc(Br)cc2)cc1. The summed E-state index contributed by atoms with van der Waals surface area (Å²) in [6, 6.07) is 15.2. The van der Waals surface area contributed by atoms with E-state index in [4.69, 9.17) is 5.11 Å². The van der Waals surface area contributed by atoms with Crippen LogP contribution in [0.3, 0.4) is 0 Å². The third-order valence-electron chi connectivity index (χ3n) is 2.42. The van der Waals surface area contributed by atoms with Gasteiger partial charge in [0.1, 0.15) is 0 Å². The lowest BCUT2D eigenvalue weighted by atomic mass is 10.3. The Morgan fingerprint density at radius 3 is 1.95 bits per heavy atom.